The molecular weight excluding hydrogens is 470 g/mol. The molecular formula is C20H24BrN5O3S. The number of nitrogens with two attached hydrogens (primary N) is 1. The molecule has 1 aliphatic heterocycles. The summed E-state index contributed by atoms with van der Waals surface area (Å²) in [5, 5.41) is 13.1. The van der Waals surface area contributed by atoms with Crippen LogP contribution in [0.1, 0.15) is 48.9 Å². The molecule has 0 fully saturated rings. The number of amides is 2. The standard InChI is InChI=1S/C20H24BrN5O3S/c1-20(2)10-26-18(29-20)15(9-23-26)30(22,28)25-19(27)24-17-13-7-3-5-11(13)16(21)12-6-4-8-14(12)17/h9H,3-8,10H2,1-2H3,(H3,22,24,25,27,28)/t30-/m1/s1. The second-order valence-electron chi connectivity index (χ2n) is 8.73. The van der Waals surface area contributed by atoms with Crippen molar-refractivity contribution in [2.45, 2.75) is 69.4 Å². The highest BCUT2D eigenvalue weighted by atomic mass is 79.9. The molecule has 8 nitrogen and oxygen atoms in total. The van der Waals surface area contributed by atoms with Gasteiger partial charge in [-0.1, -0.05) is 15.9 Å². The van der Waals surface area contributed by atoms with Crippen molar-refractivity contribution in [3.05, 3.63) is 32.9 Å². The molecule has 3 aliphatic rings. The van der Waals surface area contributed by atoms with Crippen molar-refractivity contribution in [2.75, 3.05) is 5.32 Å². The first kappa shape index (κ1) is 20.0. The van der Waals surface area contributed by atoms with Gasteiger partial charge < -0.3 is 10.1 Å². The van der Waals surface area contributed by atoms with Gasteiger partial charge in [-0.3, -0.25) is 0 Å². The van der Waals surface area contributed by atoms with E-state index in [0.29, 0.717) is 12.4 Å². The smallest absolute Gasteiger partial charge is 0.354 e. The number of aromatic nitrogens is 2. The number of hydrogen-bond acceptors (Lipinski definition) is 4. The lowest BCUT2D eigenvalue weighted by Gasteiger charge is -2.17. The zero-order chi connectivity index (χ0) is 21.3. The quantitative estimate of drug-likeness (QED) is 0.663. The number of halogens is 1. The maximum Gasteiger partial charge on any atom is 0.354 e. The molecule has 2 aliphatic carbocycles. The summed E-state index contributed by atoms with van der Waals surface area (Å²) in [4.78, 5) is 13.0. The Morgan fingerprint density at radius 2 is 1.83 bits per heavy atom. The van der Waals surface area contributed by atoms with Crippen molar-refractivity contribution in [3.8, 4) is 5.88 Å². The molecule has 2 amide bonds. The second-order valence-corrected chi connectivity index (χ2v) is 11.3. The third-order valence-corrected chi connectivity index (χ3v) is 8.30. The Labute approximate surface area is 184 Å². The Morgan fingerprint density at radius 1 is 1.23 bits per heavy atom. The number of rotatable bonds is 2. The first-order chi connectivity index (χ1) is 14.2. The van der Waals surface area contributed by atoms with Gasteiger partial charge >= 0.3 is 6.03 Å². The number of hydrogen-bond donors (Lipinski definition) is 2. The van der Waals surface area contributed by atoms with Crippen LogP contribution in [0.2, 0.25) is 0 Å². The van der Waals surface area contributed by atoms with Crippen LogP contribution in [-0.2, 0) is 42.1 Å². The lowest BCUT2D eigenvalue weighted by atomic mass is 9.99. The molecule has 160 valence electrons. The van der Waals surface area contributed by atoms with E-state index in [1.54, 1.807) is 4.68 Å². The first-order valence-corrected chi connectivity index (χ1v) is 12.5. The Morgan fingerprint density at radius 3 is 2.47 bits per heavy atom. The lowest BCUT2D eigenvalue weighted by molar-refractivity contribution is 0.132. The van der Waals surface area contributed by atoms with Crippen LogP contribution in [0.25, 0.3) is 0 Å². The Balaban J connectivity index is 1.50. The Kier molecular flexibility index (Phi) is 4.53. The van der Waals surface area contributed by atoms with E-state index in [2.05, 4.69) is 30.7 Å². The molecule has 0 unspecified atom stereocenters. The summed E-state index contributed by atoms with van der Waals surface area (Å²) in [7, 11) is -3.50. The Hall–Kier alpha value is -1.91. The maximum absolute atomic E-state index is 13.2. The van der Waals surface area contributed by atoms with Gasteiger partial charge in [0.25, 0.3) is 0 Å². The molecule has 0 saturated carbocycles. The molecule has 1 aromatic heterocycles. The molecule has 1 aromatic carbocycles. The predicted octanol–water partition coefficient (Wildman–Crippen LogP) is 3.73. The molecule has 0 saturated heterocycles. The van der Waals surface area contributed by atoms with Crippen LogP contribution in [0.3, 0.4) is 0 Å². The van der Waals surface area contributed by atoms with Crippen molar-refractivity contribution in [2.24, 2.45) is 9.50 Å². The van der Waals surface area contributed by atoms with E-state index in [-0.39, 0.29) is 4.90 Å². The first-order valence-electron chi connectivity index (χ1n) is 10.1. The summed E-state index contributed by atoms with van der Waals surface area (Å²) < 4.78 is 25.6. The number of carbonyl (C=O) groups is 1. The summed E-state index contributed by atoms with van der Waals surface area (Å²) in [5.74, 6) is 0.314. The highest BCUT2D eigenvalue weighted by Crippen LogP contribution is 2.44. The van der Waals surface area contributed by atoms with E-state index < -0.39 is 21.5 Å². The van der Waals surface area contributed by atoms with E-state index in [1.165, 1.54) is 21.8 Å². The van der Waals surface area contributed by atoms with Gasteiger partial charge in [0.15, 0.2) is 9.92 Å². The number of anilines is 1. The molecule has 5 rings (SSSR count). The SMILES string of the molecule is CC1(C)Cn2ncc([S@](N)(=O)=NC(=O)Nc3c4c(c(Br)c5c3CCC5)CCC4)c2O1. The highest BCUT2D eigenvalue weighted by Gasteiger charge is 2.36. The number of benzene rings is 1. The molecule has 0 radical (unpaired) electrons. The number of carbonyl (C=O) groups excluding carboxylic acids is 1. The van der Waals surface area contributed by atoms with Gasteiger partial charge in [-0.05, 0) is 74.6 Å². The van der Waals surface area contributed by atoms with Gasteiger partial charge in [0.2, 0.25) is 5.88 Å². The minimum Gasteiger partial charge on any atom is -0.469 e. The normalized spacial score (nSPS) is 20.1. The molecule has 0 spiro atoms. The zero-order valence-electron chi connectivity index (χ0n) is 17.0. The van der Waals surface area contributed by atoms with Crippen LogP contribution < -0.4 is 15.2 Å². The van der Waals surface area contributed by atoms with Crippen molar-refractivity contribution in [1.29, 1.82) is 0 Å². The summed E-state index contributed by atoms with van der Waals surface area (Å²) in [6.07, 6.45) is 7.29. The summed E-state index contributed by atoms with van der Waals surface area (Å²) in [5.41, 5.74) is 5.21. The molecule has 0 bridgehead atoms. The summed E-state index contributed by atoms with van der Waals surface area (Å²) >= 11 is 3.77. The van der Waals surface area contributed by atoms with Gasteiger partial charge in [-0.2, -0.15) is 5.10 Å². The lowest BCUT2D eigenvalue weighted by Crippen LogP contribution is -2.27. The average molecular weight is 494 g/mol. The number of fused-ring (bicyclic) bond motifs is 3. The minimum atomic E-state index is -3.50. The molecule has 1 atom stereocenters. The second kappa shape index (κ2) is 6.80. The third-order valence-electron chi connectivity index (χ3n) is 6.00. The monoisotopic (exact) mass is 493 g/mol. The van der Waals surface area contributed by atoms with Gasteiger partial charge in [-0.15, -0.1) is 4.36 Å². The maximum atomic E-state index is 13.2. The minimum absolute atomic E-state index is 0.148. The van der Waals surface area contributed by atoms with E-state index in [9.17, 15) is 9.00 Å². The van der Waals surface area contributed by atoms with E-state index in [1.807, 2.05) is 13.8 Å². The summed E-state index contributed by atoms with van der Waals surface area (Å²) in [6, 6.07) is -0.703. The molecule has 3 N–H and O–H groups in total. The van der Waals surface area contributed by atoms with Crippen LogP contribution in [0.5, 0.6) is 5.88 Å². The van der Waals surface area contributed by atoms with E-state index in [4.69, 9.17) is 9.88 Å². The Bertz CT molecular complexity index is 1170. The van der Waals surface area contributed by atoms with Crippen LogP contribution >= 0.6 is 15.9 Å². The number of nitrogens with one attached hydrogen (secondary N) is 1. The van der Waals surface area contributed by atoms with Crippen molar-refractivity contribution in [3.63, 3.8) is 0 Å². The molecule has 2 heterocycles. The van der Waals surface area contributed by atoms with Crippen LogP contribution in [0.4, 0.5) is 10.5 Å². The van der Waals surface area contributed by atoms with E-state index >= 15 is 0 Å². The number of ether oxygens (including phenoxy) is 1. The van der Waals surface area contributed by atoms with E-state index in [0.717, 1.165) is 55.3 Å². The fourth-order valence-electron chi connectivity index (χ4n) is 4.77. The van der Waals surface area contributed by atoms with Crippen LogP contribution in [-0.4, -0.2) is 25.6 Å². The highest BCUT2D eigenvalue weighted by molar-refractivity contribution is 9.10. The number of urea groups is 1. The van der Waals surface area contributed by atoms with Crippen molar-refractivity contribution in [1.82, 2.24) is 9.78 Å². The number of nitrogens with zero attached hydrogens (tertiary/aromatic N) is 3. The predicted molar refractivity (Wildman–Crippen MR) is 117 cm³/mol. The topological polar surface area (TPSA) is 112 Å². The van der Waals surface area contributed by atoms with Crippen LogP contribution in [0.15, 0.2) is 19.9 Å². The fraction of sp³-hybridized carbons (Fsp3) is 0.500. The van der Waals surface area contributed by atoms with Crippen molar-refractivity contribution < 1.29 is 13.7 Å². The molecule has 10 heteroatoms. The molecule has 30 heavy (non-hydrogen) atoms. The summed E-state index contributed by atoms with van der Waals surface area (Å²) in [6.45, 7) is 4.33. The van der Waals surface area contributed by atoms with Gasteiger partial charge in [0.1, 0.15) is 10.5 Å². The van der Waals surface area contributed by atoms with Gasteiger partial charge in [0, 0.05) is 10.2 Å². The average Bonchev–Trinajstić information content (AvgIpc) is 3.40. The van der Waals surface area contributed by atoms with Gasteiger partial charge in [-0.25, -0.2) is 18.8 Å². The molecule has 2 aromatic rings. The van der Waals surface area contributed by atoms with Gasteiger partial charge in [0.05, 0.1) is 12.7 Å². The van der Waals surface area contributed by atoms with Crippen molar-refractivity contribution >= 4 is 37.6 Å². The zero-order valence-corrected chi connectivity index (χ0v) is 19.4. The fourth-order valence-corrected chi connectivity index (χ4v) is 6.63. The third kappa shape index (κ3) is 3.16. The largest absolute Gasteiger partial charge is 0.469 e. The van der Waals surface area contributed by atoms with Crippen LogP contribution in [0, 0.1) is 0 Å².